The van der Waals surface area contributed by atoms with Crippen molar-refractivity contribution in [3.8, 4) is 0 Å². The van der Waals surface area contributed by atoms with Gasteiger partial charge in [-0.25, -0.2) is 27.6 Å². The Bertz CT molecular complexity index is 1230. The van der Waals surface area contributed by atoms with Crippen molar-refractivity contribution in [2.45, 2.75) is 20.8 Å². The zero-order valence-corrected chi connectivity index (χ0v) is 28.5. The van der Waals surface area contributed by atoms with Crippen LogP contribution in [-0.2, 0) is 63.2 Å². The molecule has 268 valence electrons. The van der Waals surface area contributed by atoms with Gasteiger partial charge in [0.1, 0.15) is 26.4 Å². The predicted octanol–water partition coefficient (Wildman–Crippen LogP) is 2.19. The summed E-state index contributed by atoms with van der Waals surface area (Å²) in [5.41, 5.74) is 0.262. The van der Waals surface area contributed by atoms with Crippen LogP contribution in [-0.4, -0.2) is 112 Å². The van der Waals surface area contributed by atoms with E-state index in [0.29, 0.717) is 5.69 Å². The van der Waals surface area contributed by atoms with Crippen LogP contribution in [0.25, 0.3) is 0 Å². The normalized spacial score (nSPS) is 11.0. The predicted molar refractivity (Wildman–Crippen MR) is 174 cm³/mol. The van der Waals surface area contributed by atoms with Gasteiger partial charge >= 0.3 is 23.9 Å². The number of anilines is 1. The van der Waals surface area contributed by atoms with Crippen molar-refractivity contribution in [1.82, 2.24) is 0 Å². The van der Waals surface area contributed by atoms with Crippen LogP contribution >= 0.6 is 0 Å². The molecular weight excluding hydrogens is 654 g/mol. The van der Waals surface area contributed by atoms with Crippen LogP contribution in [0.3, 0.4) is 0 Å². The van der Waals surface area contributed by atoms with Gasteiger partial charge in [0.2, 0.25) is 10.9 Å². The van der Waals surface area contributed by atoms with Crippen LogP contribution < -0.4 is 4.72 Å². The summed E-state index contributed by atoms with van der Waals surface area (Å²) in [4.78, 5) is 47.5. The number of esters is 4. The Balaban J connectivity index is 2.87. The van der Waals surface area contributed by atoms with Gasteiger partial charge in [-0.2, -0.15) is 0 Å². The van der Waals surface area contributed by atoms with Crippen LogP contribution in [0.4, 0.5) is 5.69 Å². The fourth-order valence-corrected chi connectivity index (χ4v) is 3.78. The van der Waals surface area contributed by atoms with Gasteiger partial charge in [-0.05, 0) is 45.0 Å². The number of rotatable bonds is 26. The maximum Gasteiger partial charge on any atom is 0.338 e. The number of carbonyl (C=O) groups is 4. The summed E-state index contributed by atoms with van der Waals surface area (Å²) in [5, 5.41) is 0. The molecule has 0 heterocycles. The molecule has 0 aromatic heterocycles. The molecule has 0 radical (unpaired) electrons. The highest BCUT2D eigenvalue weighted by Gasteiger charge is 2.33. The minimum absolute atomic E-state index is 0.00378. The molecule has 1 N–H and O–H groups in total. The summed E-state index contributed by atoms with van der Waals surface area (Å²) >= 11 is 0. The summed E-state index contributed by atoms with van der Waals surface area (Å²) in [6, 6.07) is 5.67. The van der Waals surface area contributed by atoms with E-state index in [1.807, 2.05) is 0 Å². The Morgan fingerprint density at radius 1 is 0.583 bits per heavy atom. The maximum atomic E-state index is 12.4. The summed E-state index contributed by atoms with van der Waals surface area (Å²) in [6.07, 6.45) is 0. The molecule has 0 aliphatic rings. The van der Waals surface area contributed by atoms with E-state index in [-0.39, 0.29) is 102 Å². The third-order valence-corrected chi connectivity index (χ3v) is 6.30. The monoisotopic (exact) mass is 699 g/mol. The molecule has 16 heteroatoms. The molecule has 0 unspecified atom stereocenters. The van der Waals surface area contributed by atoms with E-state index >= 15 is 0 Å². The number of nitrogens with one attached hydrogen (secondary N) is 1. The molecule has 1 aromatic carbocycles. The molecule has 0 aliphatic carbocycles. The van der Waals surface area contributed by atoms with Gasteiger partial charge in [-0.15, -0.1) is 0 Å². The van der Waals surface area contributed by atoms with Crippen molar-refractivity contribution in [2.75, 3.05) is 84.0 Å². The number of thiol groups is 1. The number of ether oxygens (including phenoxy) is 8. The van der Waals surface area contributed by atoms with Gasteiger partial charge in [-0.3, -0.25) is 4.72 Å². The van der Waals surface area contributed by atoms with E-state index in [4.69, 9.17) is 37.9 Å². The van der Waals surface area contributed by atoms with E-state index in [1.165, 1.54) is 45.0 Å². The Morgan fingerprint density at radius 2 is 0.917 bits per heavy atom. The smallest absolute Gasteiger partial charge is 0.338 e. The lowest BCUT2D eigenvalue weighted by molar-refractivity contribution is -0.146. The van der Waals surface area contributed by atoms with Crippen molar-refractivity contribution in [3.05, 3.63) is 66.3 Å². The van der Waals surface area contributed by atoms with E-state index in [2.05, 4.69) is 24.5 Å². The fraction of sp³-hybridized carbons (Fsp3) is 0.500. The summed E-state index contributed by atoms with van der Waals surface area (Å²) in [6.45, 7) is 15.0. The highest BCUT2D eigenvalue weighted by atomic mass is 32.2. The topological polar surface area (TPSA) is 188 Å². The summed E-state index contributed by atoms with van der Waals surface area (Å²) < 4.78 is 67.5. The van der Waals surface area contributed by atoms with Crippen molar-refractivity contribution in [2.24, 2.45) is 5.41 Å². The van der Waals surface area contributed by atoms with Crippen LogP contribution in [0.5, 0.6) is 0 Å². The van der Waals surface area contributed by atoms with Crippen molar-refractivity contribution >= 4 is 40.5 Å². The first-order valence-corrected chi connectivity index (χ1v) is 15.9. The zero-order chi connectivity index (χ0) is 36.0. The Kier molecular flexibility index (Phi) is 20.3. The van der Waals surface area contributed by atoms with Crippen LogP contribution in [0, 0.1) is 5.41 Å². The highest BCUT2D eigenvalue weighted by Crippen LogP contribution is 2.21. The standard InChI is InChI=1S/C32H45NO14S/c1-23(2)28(34)44-15-11-40-19-32(20-41-12-16-45-29(35)24(3)4,21-42-13-17-46-30(36)25(5)6)22-43-14-18-47-31(37)26-7-9-27(10-8-26)33-48(38)39/h7-10,48H,1,3,5,11-22H2,2,4,6H3,(H,33,38,39). The van der Waals surface area contributed by atoms with Crippen LogP contribution in [0.2, 0.25) is 0 Å². The number of carbonyl (C=O) groups excluding carboxylic acids is 4. The van der Waals surface area contributed by atoms with Crippen LogP contribution in [0.15, 0.2) is 60.7 Å². The molecule has 0 saturated heterocycles. The first-order valence-electron chi connectivity index (χ1n) is 14.7. The lowest BCUT2D eigenvalue weighted by Gasteiger charge is -2.33. The average Bonchev–Trinajstić information content (AvgIpc) is 3.03. The Morgan fingerprint density at radius 3 is 1.23 bits per heavy atom. The molecular formula is C32H45NO14S. The SMILES string of the molecule is C=C(C)C(=O)OCCOCC(COCCOC(=O)C(=C)C)(COCCOC(=O)C(=C)C)COCCOC(=O)c1ccc(N[SH](=O)=O)cc1. The zero-order valence-electron chi connectivity index (χ0n) is 27.6. The van der Waals surface area contributed by atoms with E-state index < -0.39 is 40.2 Å². The minimum Gasteiger partial charge on any atom is -0.460 e. The quantitative estimate of drug-likeness (QED) is 0.0471. The second-order valence-electron chi connectivity index (χ2n) is 10.5. The molecule has 0 amide bonds. The van der Waals surface area contributed by atoms with Gasteiger partial charge in [0.15, 0.2) is 0 Å². The lowest BCUT2D eigenvalue weighted by atomic mass is 9.92. The lowest BCUT2D eigenvalue weighted by Crippen LogP contribution is -2.43. The average molecular weight is 700 g/mol. The van der Waals surface area contributed by atoms with Gasteiger partial charge in [-0.1, -0.05) is 19.7 Å². The van der Waals surface area contributed by atoms with Gasteiger partial charge in [0.05, 0.1) is 63.8 Å². The van der Waals surface area contributed by atoms with E-state index in [1.54, 1.807) is 0 Å². The first kappa shape index (κ1) is 41.9. The summed E-state index contributed by atoms with van der Waals surface area (Å²) in [5.74, 6) is -2.32. The Hall–Kier alpha value is -4.09. The van der Waals surface area contributed by atoms with E-state index in [9.17, 15) is 27.6 Å². The second-order valence-corrected chi connectivity index (χ2v) is 11.3. The minimum atomic E-state index is -2.84. The second kappa shape index (κ2) is 23.3. The molecule has 1 rings (SSSR count). The fourth-order valence-electron chi connectivity index (χ4n) is 3.42. The highest BCUT2D eigenvalue weighted by molar-refractivity contribution is 7.73. The molecule has 0 saturated carbocycles. The van der Waals surface area contributed by atoms with Crippen LogP contribution in [0.1, 0.15) is 31.1 Å². The van der Waals surface area contributed by atoms with Gasteiger partial charge in [0, 0.05) is 22.4 Å². The molecule has 0 atom stereocenters. The molecule has 15 nitrogen and oxygen atoms in total. The number of hydrogen-bond donors (Lipinski definition) is 2. The molecule has 0 spiro atoms. The first-order chi connectivity index (χ1) is 22.8. The molecule has 0 aliphatic heterocycles. The van der Waals surface area contributed by atoms with Crippen molar-refractivity contribution in [1.29, 1.82) is 0 Å². The molecule has 0 bridgehead atoms. The third-order valence-electron chi connectivity index (χ3n) is 5.86. The summed E-state index contributed by atoms with van der Waals surface area (Å²) in [7, 11) is -2.84. The number of hydrogen-bond acceptors (Lipinski definition) is 14. The van der Waals surface area contributed by atoms with E-state index in [0.717, 1.165) is 0 Å². The molecule has 1 aromatic rings. The third kappa shape index (κ3) is 18.3. The van der Waals surface area contributed by atoms with Gasteiger partial charge < -0.3 is 37.9 Å². The van der Waals surface area contributed by atoms with Crippen molar-refractivity contribution in [3.63, 3.8) is 0 Å². The number of benzene rings is 1. The molecule has 48 heavy (non-hydrogen) atoms. The van der Waals surface area contributed by atoms with Crippen molar-refractivity contribution < 1.29 is 65.5 Å². The Labute approximate surface area is 282 Å². The van der Waals surface area contributed by atoms with Gasteiger partial charge in [0.25, 0.3) is 0 Å². The molecule has 0 fully saturated rings. The largest absolute Gasteiger partial charge is 0.460 e. The maximum absolute atomic E-state index is 12.4.